The molecule has 1 saturated heterocycles. The fourth-order valence-electron chi connectivity index (χ4n) is 2.63. The molecule has 0 aromatic heterocycles. The molecule has 0 spiro atoms. The number of aryl methyl sites for hydroxylation is 1. The van der Waals surface area contributed by atoms with Crippen molar-refractivity contribution in [3.63, 3.8) is 0 Å². The fourth-order valence-corrected chi connectivity index (χ4v) is 2.63. The summed E-state index contributed by atoms with van der Waals surface area (Å²) in [6.45, 7) is 6.33. The average molecular weight is 276 g/mol. The van der Waals surface area contributed by atoms with Gasteiger partial charge < -0.3 is 15.0 Å². The first-order valence-corrected chi connectivity index (χ1v) is 7.92. The van der Waals surface area contributed by atoms with Crippen LogP contribution in [0, 0.1) is 0 Å². The lowest BCUT2D eigenvalue weighted by Crippen LogP contribution is -2.33. The Kier molecular flexibility index (Phi) is 6.34. The predicted octanol–water partition coefficient (Wildman–Crippen LogP) is 2.84. The molecule has 0 aliphatic carbocycles. The van der Waals surface area contributed by atoms with Gasteiger partial charge in [0, 0.05) is 25.9 Å². The van der Waals surface area contributed by atoms with Gasteiger partial charge in [-0.1, -0.05) is 19.1 Å². The van der Waals surface area contributed by atoms with Crippen LogP contribution in [-0.4, -0.2) is 39.4 Å². The Labute approximate surface area is 123 Å². The number of nitrogens with zero attached hydrogens (tertiary/aromatic N) is 1. The topological polar surface area (TPSA) is 24.5 Å². The van der Waals surface area contributed by atoms with Crippen LogP contribution < -0.4 is 10.2 Å². The Hall–Kier alpha value is -1.06. The summed E-state index contributed by atoms with van der Waals surface area (Å²) >= 11 is 0. The second-order valence-electron chi connectivity index (χ2n) is 5.62. The van der Waals surface area contributed by atoms with Crippen LogP contribution in [0.4, 0.5) is 5.69 Å². The molecule has 1 N–H and O–H groups in total. The second kappa shape index (κ2) is 8.28. The zero-order valence-corrected chi connectivity index (χ0v) is 12.9. The number of ether oxygens (including phenoxy) is 1. The van der Waals surface area contributed by atoms with Gasteiger partial charge in [-0.05, 0) is 56.5 Å². The number of piperidine rings is 1. The van der Waals surface area contributed by atoms with Crippen LogP contribution in [0.2, 0.25) is 0 Å². The monoisotopic (exact) mass is 276 g/mol. The van der Waals surface area contributed by atoms with E-state index in [0.717, 1.165) is 51.9 Å². The van der Waals surface area contributed by atoms with Crippen LogP contribution in [0.5, 0.6) is 0 Å². The van der Waals surface area contributed by atoms with Gasteiger partial charge in [-0.2, -0.15) is 0 Å². The molecule has 1 aliphatic rings. The highest BCUT2D eigenvalue weighted by Gasteiger charge is 2.12. The second-order valence-corrected chi connectivity index (χ2v) is 5.62. The van der Waals surface area contributed by atoms with Gasteiger partial charge in [0.05, 0.1) is 6.10 Å². The highest BCUT2D eigenvalue weighted by atomic mass is 16.5. The first kappa shape index (κ1) is 15.3. The van der Waals surface area contributed by atoms with Gasteiger partial charge >= 0.3 is 0 Å². The lowest BCUT2D eigenvalue weighted by molar-refractivity contribution is 0.0324. The van der Waals surface area contributed by atoms with Gasteiger partial charge in [0.15, 0.2) is 0 Å². The summed E-state index contributed by atoms with van der Waals surface area (Å²) < 4.78 is 5.94. The molecule has 3 nitrogen and oxygen atoms in total. The van der Waals surface area contributed by atoms with Crippen molar-refractivity contribution in [3.8, 4) is 0 Å². The minimum atomic E-state index is 0.477. The van der Waals surface area contributed by atoms with E-state index < -0.39 is 0 Å². The van der Waals surface area contributed by atoms with Crippen LogP contribution in [0.3, 0.4) is 0 Å². The maximum absolute atomic E-state index is 5.94. The van der Waals surface area contributed by atoms with E-state index in [1.165, 1.54) is 11.3 Å². The van der Waals surface area contributed by atoms with Crippen molar-refractivity contribution in [1.29, 1.82) is 0 Å². The third kappa shape index (κ3) is 4.80. The van der Waals surface area contributed by atoms with Crippen molar-refractivity contribution < 1.29 is 4.74 Å². The van der Waals surface area contributed by atoms with E-state index in [0.29, 0.717) is 6.10 Å². The first-order chi connectivity index (χ1) is 9.79. The normalized spacial score (nSPS) is 16.3. The molecule has 1 aromatic rings. The number of rotatable bonds is 7. The Morgan fingerprint density at radius 2 is 1.90 bits per heavy atom. The quantitative estimate of drug-likeness (QED) is 0.775. The van der Waals surface area contributed by atoms with Gasteiger partial charge in [-0.3, -0.25) is 0 Å². The summed E-state index contributed by atoms with van der Waals surface area (Å²) in [4.78, 5) is 2.31. The maximum Gasteiger partial charge on any atom is 0.0599 e. The minimum Gasteiger partial charge on any atom is -0.378 e. The maximum atomic E-state index is 5.94. The third-order valence-electron chi connectivity index (χ3n) is 4.06. The molecule has 20 heavy (non-hydrogen) atoms. The van der Waals surface area contributed by atoms with Crippen LogP contribution >= 0.6 is 0 Å². The Morgan fingerprint density at radius 1 is 1.20 bits per heavy atom. The smallest absolute Gasteiger partial charge is 0.0599 e. The Morgan fingerprint density at radius 3 is 2.55 bits per heavy atom. The van der Waals surface area contributed by atoms with Crippen LogP contribution in [0.25, 0.3) is 0 Å². The summed E-state index contributed by atoms with van der Waals surface area (Å²) in [5, 5.41) is 3.37. The van der Waals surface area contributed by atoms with E-state index in [4.69, 9.17) is 4.74 Å². The number of hydrogen-bond donors (Lipinski definition) is 1. The summed E-state index contributed by atoms with van der Waals surface area (Å²) in [5.74, 6) is 0. The largest absolute Gasteiger partial charge is 0.378 e. The van der Waals surface area contributed by atoms with Gasteiger partial charge in [0.25, 0.3) is 0 Å². The number of nitrogens with one attached hydrogen (secondary N) is 1. The van der Waals surface area contributed by atoms with Gasteiger partial charge in [-0.25, -0.2) is 0 Å². The molecule has 0 saturated carbocycles. The van der Waals surface area contributed by atoms with E-state index >= 15 is 0 Å². The molecule has 1 fully saturated rings. The molecule has 0 radical (unpaired) electrons. The van der Waals surface area contributed by atoms with Crippen molar-refractivity contribution >= 4 is 5.69 Å². The van der Waals surface area contributed by atoms with Gasteiger partial charge in [0.1, 0.15) is 0 Å². The molecular weight excluding hydrogens is 248 g/mol. The van der Waals surface area contributed by atoms with Crippen LogP contribution in [0.15, 0.2) is 24.3 Å². The first-order valence-electron chi connectivity index (χ1n) is 7.92. The highest BCUT2D eigenvalue weighted by Crippen LogP contribution is 2.14. The zero-order chi connectivity index (χ0) is 14.2. The summed E-state index contributed by atoms with van der Waals surface area (Å²) in [7, 11) is 2.16. The molecule has 1 aromatic carbocycles. The van der Waals surface area contributed by atoms with E-state index in [1.54, 1.807) is 0 Å². The summed E-state index contributed by atoms with van der Waals surface area (Å²) in [6, 6.07) is 8.87. The standard InChI is InChI=1S/C17H28N2O/c1-3-15-5-7-16(8-6-15)19(2)13-4-14-20-17-9-11-18-12-10-17/h5-8,17-18H,3-4,9-14H2,1-2H3. The number of hydrogen-bond acceptors (Lipinski definition) is 3. The number of anilines is 1. The van der Waals surface area contributed by atoms with E-state index in [-0.39, 0.29) is 0 Å². The molecule has 0 atom stereocenters. The molecule has 112 valence electrons. The molecule has 2 rings (SSSR count). The molecule has 0 amide bonds. The average Bonchev–Trinajstić information content (AvgIpc) is 2.52. The third-order valence-corrected chi connectivity index (χ3v) is 4.06. The summed E-state index contributed by atoms with van der Waals surface area (Å²) in [6.07, 6.45) is 5.00. The molecular formula is C17H28N2O. The Bertz CT molecular complexity index is 371. The van der Waals surface area contributed by atoms with Crippen molar-refractivity contribution in [2.24, 2.45) is 0 Å². The van der Waals surface area contributed by atoms with Crippen molar-refractivity contribution in [3.05, 3.63) is 29.8 Å². The minimum absolute atomic E-state index is 0.477. The van der Waals surface area contributed by atoms with Gasteiger partial charge in [0.2, 0.25) is 0 Å². The Balaban J connectivity index is 1.64. The fraction of sp³-hybridized carbons (Fsp3) is 0.647. The number of benzene rings is 1. The SMILES string of the molecule is CCc1ccc(N(C)CCCOC2CCNCC2)cc1. The highest BCUT2D eigenvalue weighted by molar-refractivity contribution is 5.46. The van der Waals surface area contributed by atoms with E-state index in [2.05, 4.69) is 48.5 Å². The van der Waals surface area contributed by atoms with Crippen LogP contribution in [-0.2, 0) is 11.2 Å². The zero-order valence-electron chi connectivity index (χ0n) is 12.9. The molecule has 1 heterocycles. The molecule has 0 unspecified atom stereocenters. The lowest BCUT2D eigenvalue weighted by atomic mass is 10.1. The van der Waals surface area contributed by atoms with Gasteiger partial charge in [-0.15, -0.1) is 0 Å². The predicted molar refractivity (Wildman–Crippen MR) is 85.6 cm³/mol. The van der Waals surface area contributed by atoms with Crippen molar-refractivity contribution in [1.82, 2.24) is 5.32 Å². The molecule has 3 heteroatoms. The molecule has 0 bridgehead atoms. The van der Waals surface area contributed by atoms with Crippen LogP contribution in [0.1, 0.15) is 31.7 Å². The van der Waals surface area contributed by atoms with E-state index in [1.807, 2.05) is 0 Å². The molecule has 1 aliphatic heterocycles. The van der Waals surface area contributed by atoms with Crippen molar-refractivity contribution in [2.75, 3.05) is 38.2 Å². The van der Waals surface area contributed by atoms with E-state index in [9.17, 15) is 0 Å². The van der Waals surface area contributed by atoms with Crippen molar-refractivity contribution in [2.45, 2.75) is 38.7 Å². The summed E-state index contributed by atoms with van der Waals surface area (Å²) in [5.41, 5.74) is 2.69. The lowest BCUT2D eigenvalue weighted by Gasteiger charge is -2.24.